The van der Waals surface area contributed by atoms with Crippen molar-refractivity contribution < 1.29 is 14.6 Å². The van der Waals surface area contributed by atoms with E-state index < -0.39 is 0 Å². The molecule has 0 aliphatic rings. The van der Waals surface area contributed by atoms with E-state index in [1.165, 1.54) is 0 Å². The summed E-state index contributed by atoms with van der Waals surface area (Å²) in [6, 6.07) is 0. The molecule has 0 atom stereocenters. The number of aromatic nitrogens is 2. The van der Waals surface area contributed by atoms with Crippen LogP contribution in [0.3, 0.4) is 0 Å². The number of nitrogens with one attached hydrogen (secondary N) is 1. The molecule has 8 heteroatoms. The van der Waals surface area contributed by atoms with Crippen molar-refractivity contribution in [2.45, 2.75) is 0 Å². The molecule has 0 spiro atoms. The van der Waals surface area contributed by atoms with Crippen molar-refractivity contribution in [3.63, 3.8) is 0 Å². The van der Waals surface area contributed by atoms with E-state index >= 15 is 0 Å². The van der Waals surface area contributed by atoms with Crippen LogP contribution in [0.5, 0.6) is 0 Å². The average molecular weight is 201 g/mol. The Kier molecular flexibility index (Phi) is 3.68. The van der Waals surface area contributed by atoms with Crippen LogP contribution in [-0.4, -0.2) is 41.6 Å². The minimum absolute atomic E-state index is 0.161. The van der Waals surface area contributed by atoms with Crippen LogP contribution < -0.4 is 11.1 Å². The van der Waals surface area contributed by atoms with Crippen LogP contribution in [0.1, 0.15) is 5.69 Å². The standard InChI is InChI=1S/C6H11N5O3/c1-13-3-2-8-6-4(5(7)9-12)10-14-11-6/h12H,2-3H2,1H3,(H2,7,9)(H,8,11). The number of nitrogens with zero attached hydrogens (tertiary/aromatic N) is 3. The molecular weight excluding hydrogens is 190 g/mol. The molecule has 1 heterocycles. The van der Waals surface area contributed by atoms with E-state index in [2.05, 4.69) is 25.4 Å². The molecule has 0 bridgehead atoms. The summed E-state index contributed by atoms with van der Waals surface area (Å²) in [5, 5.41) is 21.0. The topological polar surface area (TPSA) is 119 Å². The zero-order valence-electron chi connectivity index (χ0n) is 7.60. The first kappa shape index (κ1) is 10.3. The van der Waals surface area contributed by atoms with Gasteiger partial charge >= 0.3 is 0 Å². The summed E-state index contributed by atoms with van der Waals surface area (Å²) < 4.78 is 9.24. The van der Waals surface area contributed by atoms with E-state index in [-0.39, 0.29) is 11.5 Å². The smallest absolute Gasteiger partial charge is 0.202 e. The zero-order valence-corrected chi connectivity index (χ0v) is 7.60. The molecule has 4 N–H and O–H groups in total. The van der Waals surface area contributed by atoms with Gasteiger partial charge in [-0.05, 0) is 10.3 Å². The number of hydrogen-bond donors (Lipinski definition) is 3. The summed E-state index contributed by atoms with van der Waals surface area (Å²) in [6.07, 6.45) is 0. The van der Waals surface area contributed by atoms with Gasteiger partial charge in [-0.1, -0.05) is 5.16 Å². The minimum atomic E-state index is -0.161. The quantitative estimate of drug-likeness (QED) is 0.188. The van der Waals surface area contributed by atoms with Gasteiger partial charge in [-0.3, -0.25) is 0 Å². The lowest BCUT2D eigenvalue weighted by Gasteiger charge is -2.01. The zero-order chi connectivity index (χ0) is 10.4. The maximum absolute atomic E-state index is 8.40. The maximum Gasteiger partial charge on any atom is 0.202 e. The van der Waals surface area contributed by atoms with Crippen molar-refractivity contribution in [3.8, 4) is 0 Å². The molecule has 0 saturated heterocycles. The van der Waals surface area contributed by atoms with Crippen LogP contribution in [-0.2, 0) is 4.74 Å². The third-order valence-electron chi connectivity index (χ3n) is 1.44. The molecule has 0 fully saturated rings. The molecule has 0 unspecified atom stereocenters. The first-order chi connectivity index (χ1) is 6.79. The number of oxime groups is 1. The molecule has 0 aliphatic carbocycles. The summed E-state index contributed by atoms with van der Waals surface area (Å²) in [6.45, 7) is 1.03. The van der Waals surface area contributed by atoms with Crippen molar-refractivity contribution in [2.24, 2.45) is 10.9 Å². The van der Waals surface area contributed by atoms with E-state index in [0.29, 0.717) is 19.0 Å². The molecule has 0 saturated carbocycles. The number of methoxy groups -OCH3 is 1. The molecule has 1 rings (SSSR count). The molecular formula is C6H11N5O3. The number of ether oxygens (including phenoxy) is 1. The number of nitrogens with two attached hydrogens (primary N) is 1. The number of hydrogen-bond acceptors (Lipinski definition) is 7. The molecule has 78 valence electrons. The lowest BCUT2D eigenvalue weighted by molar-refractivity contribution is 0.210. The Balaban J connectivity index is 2.63. The van der Waals surface area contributed by atoms with E-state index in [1.807, 2.05) is 0 Å². The summed E-state index contributed by atoms with van der Waals surface area (Å²) in [4.78, 5) is 0. The number of anilines is 1. The largest absolute Gasteiger partial charge is 0.409 e. The number of rotatable bonds is 5. The molecule has 0 amide bonds. The van der Waals surface area contributed by atoms with Gasteiger partial charge in [-0.2, -0.15) is 0 Å². The van der Waals surface area contributed by atoms with Crippen LogP contribution >= 0.6 is 0 Å². The predicted molar refractivity (Wildman–Crippen MR) is 47.2 cm³/mol. The summed E-state index contributed by atoms with van der Waals surface area (Å²) in [7, 11) is 1.58. The number of amidine groups is 1. The Bertz CT molecular complexity index is 310. The van der Waals surface area contributed by atoms with Gasteiger partial charge in [-0.15, -0.1) is 0 Å². The third-order valence-corrected chi connectivity index (χ3v) is 1.44. The summed E-state index contributed by atoms with van der Waals surface area (Å²) in [5.74, 6) is 0.156. The van der Waals surface area contributed by atoms with Crippen LogP contribution in [0.2, 0.25) is 0 Å². The van der Waals surface area contributed by atoms with E-state index in [1.54, 1.807) is 7.11 Å². The molecule has 1 aromatic rings. The van der Waals surface area contributed by atoms with E-state index in [4.69, 9.17) is 15.7 Å². The van der Waals surface area contributed by atoms with Gasteiger partial charge in [0.25, 0.3) is 0 Å². The minimum Gasteiger partial charge on any atom is -0.409 e. The second-order valence-electron chi connectivity index (χ2n) is 2.37. The van der Waals surface area contributed by atoms with Crippen LogP contribution in [0, 0.1) is 0 Å². The van der Waals surface area contributed by atoms with E-state index in [9.17, 15) is 0 Å². The van der Waals surface area contributed by atoms with Crippen molar-refractivity contribution >= 4 is 11.7 Å². The highest BCUT2D eigenvalue weighted by Crippen LogP contribution is 2.07. The Morgan fingerprint density at radius 3 is 3.14 bits per heavy atom. The van der Waals surface area contributed by atoms with Gasteiger partial charge < -0.3 is 21.0 Å². The highest BCUT2D eigenvalue weighted by Gasteiger charge is 2.13. The SMILES string of the molecule is COCCNc1nonc1/C(N)=N/O. The van der Waals surface area contributed by atoms with Gasteiger partial charge in [0.15, 0.2) is 11.5 Å². The Morgan fingerprint density at radius 1 is 1.71 bits per heavy atom. The third kappa shape index (κ3) is 2.33. The highest BCUT2D eigenvalue weighted by atomic mass is 16.6. The molecule has 14 heavy (non-hydrogen) atoms. The lowest BCUT2D eigenvalue weighted by Crippen LogP contribution is -2.17. The van der Waals surface area contributed by atoms with Gasteiger partial charge in [0.2, 0.25) is 5.82 Å². The highest BCUT2D eigenvalue weighted by molar-refractivity contribution is 5.99. The molecule has 0 aromatic carbocycles. The lowest BCUT2D eigenvalue weighted by atomic mass is 10.4. The van der Waals surface area contributed by atoms with Crippen LogP contribution in [0.15, 0.2) is 9.78 Å². The van der Waals surface area contributed by atoms with Gasteiger partial charge in [-0.25, -0.2) is 4.63 Å². The fourth-order valence-electron chi connectivity index (χ4n) is 0.791. The summed E-state index contributed by atoms with van der Waals surface area (Å²) >= 11 is 0. The Morgan fingerprint density at radius 2 is 2.50 bits per heavy atom. The monoisotopic (exact) mass is 201 g/mol. The average Bonchev–Trinajstić information content (AvgIpc) is 2.65. The molecule has 8 nitrogen and oxygen atoms in total. The van der Waals surface area contributed by atoms with Crippen molar-refractivity contribution in [1.29, 1.82) is 0 Å². The second-order valence-corrected chi connectivity index (χ2v) is 2.37. The van der Waals surface area contributed by atoms with Crippen LogP contribution in [0.25, 0.3) is 0 Å². The first-order valence-electron chi connectivity index (χ1n) is 3.83. The second kappa shape index (κ2) is 5.02. The maximum atomic E-state index is 8.40. The van der Waals surface area contributed by atoms with Gasteiger partial charge in [0, 0.05) is 13.7 Å². The Labute approximate surface area is 79.7 Å². The van der Waals surface area contributed by atoms with Crippen LogP contribution in [0.4, 0.5) is 5.82 Å². The molecule has 0 radical (unpaired) electrons. The predicted octanol–water partition coefficient (Wildman–Crippen LogP) is -0.778. The molecule has 1 aromatic heterocycles. The first-order valence-corrected chi connectivity index (χ1v) is 3.83. The van der Waals surface area contributed by atoms with Crippen molar-refractivity contribution in [3.05, 3.63) is 5.69 Å². The summed E-state index contributed by atoms with van der Waals surface area (Å²) in [5.41, 5.74) is 5.48. The Hall–Kier alpha value is -1.83. The fourth-order valence-corrected chi connectivity index (χ4v) is 0.791. The molecule has 0 aliphatic heterocycles. The normalized spacial score (nSPS) is 11.6. The van der Waals surface area contributed by atoms with Crippen molar-refractivity contribution in [2.75, 3.05) is 25.6 Å². The van der Waals surface area contributed by atoms with Gasteiger partial charge in [0.05, 0.1) is 6.61 Å². The van der Waals surface area contributed by atoms with E-state index in [0.717, 1.165) is 0 Å². The van der Waals surface area contributed by atoms with Crippen molar-refractivity contribution in [1.82, 2.24) is 10.3 Å². The fraction of sp³-hybridized carbons (Fsp3) is 0.500. The van der Waals surface area contributed by atoms with Gasteiger partial charge in [0.1, 0.15) is 0 Å².